The molecule has 1 fully saturated rings. The average molecular weight is 343 g/mol. The molecule has 2 aromatic carbocycles. The van der Waals surface area contributed by atoms with Crippen molar-refractivity contribution in [3.05, 3.63) is 70.8 Å². The number of carbonyl (C=O) groups is 2. The predicted octanol–water partition coefficient (Wildman–Crippen LogP) is 3.49. The molecule has 1 saturated carbocycles. The summed E-state index contributed by atoms with van der Waals surface area (Å²) in [4.78, 5) is 26.5. The third-order valence-electron chi connectivity index (χ3n) is 4.81. The predicted molar refractivity (Wildman–Crippen MR) is 85.1 cm³/mol. The molecular formula is C19H15F2NO3. The Bertz CT molecular complexity index is 858. The van der Waals surface area contributed by atoms with Gasteiger partial charge in [-0.1, -0.05) is 18.2 Å². The van der Waals surface area contributed by atoms with E-state index in [0.29, 0.717) is 11.1 Å². The second kappa shape index (κ2) is 5.65. The van der Waals surface area contributed by atoms with E-state index in [4.69, 9.17) is 0 Å². The van der Waals surface area contributed by atoms with E-state index < -0.39 is 29.6 Å². The summed E-state index contributed by atoms with van der Waals surface area (Å²) in [5.74, 6) is -4.07. The number of carboxylic acids is 1. The summed E-state index contributed by atoms with van der Waals surface area (Å²) >= 11 is 0. The number of nitrogens with zero attached hydrogens (tertiary/aromatic N) is 1. The van der Waals surface area contributed by atoms with Crippen molar-refractivity contribution in [2.24, 2.45) is 0 Å². The van der Waals surface area contributed by atoms with Crippen molar-refractivity contribution in [1.82, 2.24) is 4.90 Å². The lowest BCUT2D eigenvalue weighted by Crippen LogP contribution is -2.46. The van der Waals surface area contributed by atoms with Gasteiger partial charge in [0.25, 0.3) is 5.91 Å². The third kappa shape index (κ3) is 2.58. The Hall–Kier alpha value is -2.76. The van der Waals surface area contributed by atoms with Gasteiger partial charge in [0.05, 0.1) is 6.04 Å². The summed E-state index contributed by atoms with van der Waals surface area (Å²) in [7, 11) is 0. The second-order valence-corrected chi connectivity index (χ2v) is 6.49. The van der Waals surface area contributed by atoms with Crippen LogP contribution < -0.4 is 0 Å². The van der Waals surface area contributed by atoms with Gasteiger partial charge in [-0.05, 0) is 42.2 Å². The maximum absolute atomic E-state index is 13.8. The van der Waals surface area contributed by atoms with Crippen LogP contribution in [0.15, 0.2) is 42.5 Å². The monoisotopic (exact) mass is 343 g/mol. The summed E-state index contributed by atoms with van der Waals surface area (Å²) in [5.41, 5.74) is 0.890. The number of fused-ring (bicyclic) bond motifs is 1. The molecule has 0 bridgehead atoms. The molecule has 2 aliphatic rings. The van der Waals surface area contributed by atoms with Crippen molar-refractivity contribution in [2.75, 3.05) is 0 Å². The minimum Gasteiger partial charge on any atom is -0.481 e. The van der Waals surface area contributed by atoms with E-state index in [-0.39, 0.29) is 17.5 Å². The highest BCUT2D eigenvalue weighted by molar-refractivity contribution is 6.00. The van der Waals surface area contributed by atoms with Gasteiger partial charge in [0, 0.05) is 17.7 Å². The molecule has 1 amide bonds. The molecule has 25 heavy (non-hydrogen) atoms. The van der Waals surface area contributed by atoms with Crippen molar-refractivity contribution in [3.8, 4) is 0 Å². The Labute approximate surface area is 142 Å². The highest BCUT2D eigenvalue weighted by Crippen LogP contribution is 2.47. The van der Waals surface area contributed by atoms with Crippen LogP contribution in [0.25, 0.3) is 0 Å². The van der Waals surface area contributed by atoms with Gasteiger partial charge in [0.15, 0.2) is 0 Å². The molecule has 1 aliphatic carbocycles. The van der Waals surface area contributed by atoms with Crippen LogP contribution in [0, 0.1) is 11.6 Å². The fourth-order valence-corrected chi connectivity index (χ4v) is 3.67. The van der Waals surface area contributed by atoms with E-state index in [1.54, 1.807) is 24.3 Å². The Balaban J connectivity index is 1.94. The van der Waals surface area contributed by atoms with E-state index in [9.17, 15) is 23.5 Å². The van der Waals surface area contributed by atoms with Gasteiger partial charge in [-0.25, -0.2) is 8.78 Å². The van der Waals surface area contributed by atoms with Crippen LogP contribution in [0.5, 0.6) is 0 Å². The number of amides is 1. The van der Waals surface area contributed by atoms with Gasteiger partial charge >= 0.3 is 5.97 Å². The normalized spacial score (nSPS) is 22.6. The van der Waals surface area contributed by atoms with Crippen LogP contribution in [-0.4, -0.2) is 27.9 Å². The first-order valence-electron chi connectivity index (χ1n) is 8.08. The van der Waals surface area contributed by atoms with Crippen LogP contribution >= 0.6 is 0 Å². The first kappa shape index (κ1) is 15.7. The molecule has 4 nitrogen and oxygen atoms in total. The summed E-state index contributed by atoms with van der Waals surface area (Å²) in [6, 6.07) is 8.47. The van der Waals surface area contributed by atoms with Gasteiger partial charge in [0.1, 0.15) is 17.6 Å². The topological polar surface area (TPSA) is 57.6 Å². The zero-order valence-electron chi connectivity index (χ0n) is 13.2. The minimum atomic E-state index is -1.12. The molecule has 2 atom stereocenters. The lowest BCUT2D eigenvalue weighted by molar-refractivity contribution is -0.140. The molecule has 0 aromatic heterocycles. The molecule has 6 heteroatoms. The molecule has 2 unspecified atom stereocenters. The molecule has 0 saturated heterocycles. The summed E-state index contributed by atoms with van der Waals surface area (Å²) in [6.07, 6.45) is 1.52. The minimum absolute atomic E-state index is 0.0981. The van der Waals surface area contributed by atoms with Crippen LogP contribution in [0.2, 0.25) is 0 Å². The second-order valence-electron chi connectivity index (χ2n) is 6.49. The summed E-state index contributed by atoms with van der Waals surface area (Å²) < 4.78 is 27.5. The van der Waals surface area contributed by atoms with Crippen molar-refractivity contribution >= 4 is 11.9 Å². The van der Waals surface area contributed by atoms with Gasteiger partial charge in [0.2, 0.25) is 0 Å². The SMILES string of the molecule is O=C(O)C1c2ccccc2C(=O)N(C2CC2)C1c1cc(F)cc(F)c1. The van der Waals surface area contributed by atoms with Gasteiger partial charge in [-0.2, -0.15) is 0 Å². The summed E-state index contributed by atoms with van der Waals surface area (Å²) in [6.45, 7) is 0. The number of hydrogen-bond acceptors (Lipinski definition) is 2. The Kier molecular flexibility index (Phi) is 3.56. The van der Waals surface area contributed by atoms with Crippen LogP contribution in [0.4, 0.5) is 8.78 Å². The van der Waals surface area contributed by atoms with E-state index in [2.05, 4.69) is 0 Å². The highest BCUT2D eigenvalue weighted by Gasteiger charge is 2.49. The molecule has 0 spiro atoms. The number of aliphatic carboxylic acids is 1. The zero-order valence-corrected chi connectivity index (χ0v) is 13.2. The third-order valence-corrected chi connectivity index (χ3v) is 4.81. The van der Waals surface area contributed by atoms with Gasteiger partial charge in [-0.15, -0.1) is 0 Å². The fraction of sp³-hybridized carbons (Fsp3) is 0.263. The van der Waals surface area contributed by atoms with Crippen molar-refractivity contribution in [3.63, 3.8) is 0 Å². The number of hydrogen-bond donors (Lipinski definition) is 1. The maximum Gasteiger partial charge on any atom is 0.313 e. The number of halogens is 2. The van der Waals surface area contributed by atoms with Crippen LogP contribution in [0.3, 0.4) is 0 Å². The quantitative estimate of drug-likeness (QED) is 0.928. The lowest BCUT2D eigenvalue weighted by Gasteiger charge is -2.41. The van der Waals surface area contributed by atoms with Crippen LogP contribution in [0.1, 0.15) is 46.3 Å². The molecule has 1 aliphatic heterocycles. The smallest absolute Gasteiger partial charge is 0.313 e. The lowest BCUT2D eigenvalue weighted by atomic mass is 9.79. The number of carboxylic acid groups (broad SMARTS) is 1. The van der Waals surface area contributed by atoms with E-state index in [1.807, 2.05) is 0 Å². The largest absolute Gasteiger partial charge is 0.481 e. The Morgan fingerprint density at radius 3 is 2.32 bits per heavy atom. The van der Waals surface area contributed by atoms with Crippen molar-refractivity contribution in [2.45, 2.75) is 30.8 Å². The molecular weight excluding hydrogens is 328 g/mol. The summed E-state index contributed by atoms with van der Waals surface area (Å²) in [5, 5.41) is 9.84. The molecule has 2 aromatic rings. The fourth-order valence-electron chi connectivity index (χ4n) is 3.67. The van der Waals surface area contributed by atoms with E-state index in [1.165, 1.54) is 4.90 Å². The number of benzene rings is 2. The van der Waals surface area contributed by atoms with Gasteiger partial charge < -0.3 is 10.0 Å². The Morgan fingerprint density at radius 2 is 1.72 bits per heavy atom. The molecule has 4 rings (SSSR count). The zero-order chi connectivity index (χ0) is 17.7. The van der Waals surface area contributed by atoms with Crippen molar-refractivity contribution < 1.29 is 23.5 Å². The molecule has 1 N–H and O–H groups in total. The first-order valence-corrected chi connectivity index (χ1v) is 8.08. The molecule has 128 valence electrons. The standard InChI is InChI=1S/C19H15F2NO3/c20-11-7-10(8-12(21)9-11)17-16(19(24)25)14-3-1-2-4-15(14)18(23)22(17)13-5-6-13/h1-4,7-9,13,16-17H,5-6H2,(H,24,25). The van der Waals surface area contributed by atoms with E-state index in [0.717, 1.165) is 31.0 Å². The van der Waals surface area contributed by atoms with Gasteiger partial charge in [-0.3, -0.25) is 9.59 Å². The molecule has 0 radical (unpaired) electrons. The number of rotatable bonds is 3. The maximum atomic E-state index is 13.8. The molecule has 1 heterocycles. The first-order chi connectivity index (χ1) is 12.0. The van der Waals surface area contributed by atoms with E-state index >= 15 is 0 Å². The average Bonchev–Trinajstić information content (AvgIpc) is 3.38. The number of carbonyl (C=O) groups excluding carboxylic acids is 1. The Morgan fingerprint density at radius 1 is 1.08 bits per heavy atom. The van der Waals surface area contributed by atoms with Crippen LogP contribution in [-0.2, 0) is 4.79 Å². The highest BCUT2D eigenvalue weighted by atomic mass is 19.1. The van der Waals surface area contributed by atoms with Crippen molar-refractivity contribution in [1.29, 1.82) is 0 Å².